The van der Waals surface area contributed by atoms with Crippen LogP contribution in [0.4, 0.5) is 11.8 Å². The summed E-state index contributed by atoms with van der Waals surface area (Å²) in [6.07, 6.45) is 1.75. The Bertz CT molecular complexity index is 544. The lowest BCUT2D eigenvalue weighted by molar-refractivity contribution is 0.871. The van der Waals surface area contributed by atoms with E-state index in [1.165, 1.54) is 5.56 Å². The number of nitrogens with one attached hydrogen (secondary N) is 2. The first kappa shape index (κ1) is 13.8. The van der Waals surface area contributed by atoms with Crippen molar-refractivity contribution in [2.45, 2.75) is 19.9 Å². The molecule has 1 unspecified atom stereocenters. The van der Waals surface area contributed by atoms with Crippen LogP contribution in [-0.4, -0.2) is 16.5 Å². The van der Waals surface area contributed by atoms with E-state index in [0.717, 1.165) is 16.8 Å². The summed E-state index contributed by atoms with van der Waals surface area (Å²) in [5.41, 5.74) is 1.21. The van der Waals surface area contributed by atoms with E-state index in [-0.39, 0.29) is 6.04 Å². The van der Waals surface area contributed by atoms with Gasteiger partial charge < -0.3 is 10.6 Å². The van der Waals surface area contributed by atoms with Gasteiger partial charge in [0, 0.05) is 23.3 Å². The topological polar surface area (TPSA) is 49.8 Å². The highest BCUT2D eigenvalue weighted by atomic mass is 79.9. The predicted molar refractivity (Wildman–Crippen MR) is 82.4 cm³/mol. The Morgan fingerprint density at radius 3 is 2.89 bits per heavy atom. The molecule has 0 aliphatic carbocycles. The molecule has 1 aromatic carbocycles. The van der Waals surface area contributed by atoms with Gasteiger partial charge in [-0.2, -0.15) is 4.98 Å². The van der Waals surface area contributed by atoms with Crippen LogP contribution in [0.1, 0.15) is 25.5 Å². The monoisotopic (exact) mass is 320 g/mol. The van der Waals surface area contributed by atoms with Gasteiger partial charge in [0.05, 0.1) is 0 Å². The number of halogens is 1. The number of hydrogen-bond acceptors (Lipinski definition) is 4. The number of anilines is 2. The summed E-state index contributed by atoms with van der Waals surface area (Å²) < 4.78 is 1.08. The molecular formula is C14H17BrN4. The van der Waals surface area contributed by atoms with Crippen molar-refractivity contribution in [2.24, 2.45) is 0 Å². The van der Waals surface area contributed by atoms with Crippen molar-refractivity contribution in [2.75, 3.05) is 17.2 Å². The molecule has 1 atom stereocenters. The van der Waals surface area contributed by atoms with E-state index >= 15 is 0 Å². The number of aromatic nitrogens is 2. The summed E-state index contributed by atoms with van der Waals surface area (Å²) in [6.45, 7) is 4.94. The van der Waals surface area contributed by atoms with Gasteiger partial charge in [0.1, 0.15) is 5.82 Å². The maximum absolute atomic E-state index is 4.41. The first-order valence-corrected chi connectivity index (χ1v) is 7.07. The van der Waals surface area contributed by atoms with Gasteiger partial charge in [-0.15, -0.1) is 0 Å². The molecule has 0 aliphatic heterocycles. The fraction of sp³-hybridized carbons (Fsp3) is 0.286. The first-order chi connectivity index (χ1) is 9.19. The second-order valence-corrected chi connectivity index (χ2v) is 5.13. The number of hydrogen-bond donors (Lipinski definition) is 2. The predicted octanol–water partition coefficient (Wildman–Crippen LogP) is 3.84. The SMILES string of the molecule is CCNc1nccc(NC(C)c2cccc(Br)c2)n1. The third kappa shape index (κ3) is 3.92. The smallest absolute Gasteiger partial charge is 0.224 e. The highest BCUT2D eigenvalue weighted by Gasteiger charge is 2.07. The standard InChI is InChI=1S/C14H17BrN4/c1-3-16-14-17-8-7-13(19-14)18-10(2)11-5-4-6-12(15)9-11/h4-10H,3H2,1-2H3,(H2,16,17,18,19). The molecule has 19 heavy (non-hydrogen) atoms. The van der Waals surface area contributed by atoms with Crippen molar-refractivity contribution in [1.29, 1.82) is 0 Å². The van der Waals surface area contributed by atoms with E-state index in [9.17, 15) is 0 Å². The second-order valence-electron chi connectivity index (χ2n) is 4.22. The molecular weight excluding hydrogens is 304 g/mol. The first-order valence-electron chi connectivity index (χ1n) is 6.28. The Morgan fingerprint density at radius 2 is 2.16 bits per heavy atom. The van der Waals surface area contributed by atoms with Gasteiger partial charge in [-0.25, -0.2) is 4.98 Å². The zero-order valence-electron chi connectivity index (χ0n) is 11.0. The lowest BCUT2D eigenvalue weighted by atomic mass is 10.1. The van der Waals surface area contributed by atoms with E-state index in [0.29, 0.717) is 5.95 Å². The molecule has 1 aromatic heterocycles. The average molecular weight is 321 g/mol. The molecule has 0 bridgehead atoms. The largest absolute Gasteiger partial charge is 0.363 e. The number of rotatable bonds is 5. The van der Waals surface area contributed by atoms with E-state index in [2.05, 4.69) is 55.6 Å². The Balaban J connectivity index is 2.10. The van der Waals surface area contributed by atoms with Crippen LogP contribution in [0.25, 0.3) is 0 Å². The van der Waals surface area contributed by atoms with Crippen LogP contribution < -0.4 is 10.6 Å². The average Bonchev–Trinajstić information content (AvgIpc) is 2.39. The molecule has 0 amide bonds. The quantitative estimate of drug-likeness (QED) is 0.878. The van der Waals surface area contributed by atoms with Crippen LogP contribution in [0.5, 0.6) is 0 Å². The Labute approximate surface area is 121 Å². The summed E-state index contributed by atoms with van der Waals surface area (Å²) in [4.78, 5) is 8.56. The Kier molecular flexibility index (Phi) is 4.74. The number of benzene rings is 1. The van der Waals surface area contributed by atoms with Gasteiger partial charge >= 0.3 is 0 Å². The fourth-order valence-electron chi connectivity index (χ4n) is 1.76. The third-order valence-corrected chi connectivity index (χ3v) is 3.20. The molecule has 0 spiro atoms. The zero-order chi connectivity index (χ0) is 13.7. The van der Waals surface area contributed by atoms with E-state index in [1.807, 2.05) is 25.1 Å². The minimum absolute atomic E-state index is 0.182. The summed E-state index contributed by atoms with van der Waals surface area (Å²) in [6, 6.07) is 10.3. The Hall–Kier alpha value is -1.62. The van der Waals surface area contributed by atoms with Crippen LogP contribution >= 0.6 is 15.9 Å². The summed E-state index contributed by atoms with van der Waals surface area (Å²) in [5, 5.41) is 6.47. The van der Waals surface area contributed by atoms with Crippen LogP contribution in [0, 0.1) is 0 Å². The van der Waals surface area contributed by atoms with Crippen LogP contribution in [-0.2, 0) is 0 Å². The van der Waals surface area contributed by atoms with Gasteiger partial charge in [0.15, 0.2) is 0 Å². The second kappa shape index (κ2) is 6.52. The van der Waals surface area contributed by atoms with Gasteiger partial charge in [-0.1, -0.05) is 28.1 Å². The molecule has 2 N–H and O–H groups in total. The fourth-order valence-corrected chi connectivity index (χ4v) is 2.18. The van der Waals surface area contributed by atoms with E-state index < -0.39 is 0 Å². The molecule has 0 radical (unpaired) electrons. The molecule has 0 saturated heterocycles. The molecule has 4 nitrogen and oxygen atoms in total. The van der Waals surface area contributed by atoms with Crippen molar-refractivity contribution in [3.63, 3.8) is 0 Å². The zero-order valence-corrected chi connectivity index (χ0v) is 12.6. The molecule has 2 aromatic rings. The Morgan fingerprint density at radius 1 is 1.32 bits per heavy atom. The van der Waals surface area contributed by atoms with Crippen LogP contribution in [0.2, 0.25) is 0 Å². The lowest BCUT2D eigenvalue weighted by Crippen LogP contribution is -2.10. The highest BCUT2D eigenvalue weighted by Crippen LogP contribution is 2.21. The summed E-state index contributed by atoms with van der Waals surface area (Å²) in [5.74, 6) is 1.47. The highest BCUT2D eigenvalue weighted by molar-refractivity contribution is 9.10. The minimum Gasteiger partial charge on any atom is -0.363 e. The molecule has 0 aliphatic rings. The molecule has 2 rings (SSSR count). The lowest BCUT2D eigenvalue weighted by Gasteiger charge is -2.15. The van der Waals surface area contributed by atoms with Gasteiger partial charge in [-0.05, 0) is 37.6 Å². The molecule has 5 heteroatoms. The van der Waals surface area contributed by atoms with Crippen molar-refractivity contribution >= 4 is 27.7 Å². The molecule has 1 heterocycles. The van der Waals surface area contributed by atoms with Crippen molar-refractivity contribution in [3.8, 4) is 0 Å². The number of nitrogens with zero attached hydrogens (tertiary/aromatic N) is 2. The molecule has 0 saturated carbocycles. The summed E-state index contributed by atoms with van der Waals surface area (Å²) >= 11 is 3.48. The molecule has 100 valence electrons. The molecule has 0 fully saturated rings. The maximum atomic E-state index is 4.41. The van der Waals surface area contributed by atoms with Crippen molar-refractivity contribution in [3.05, 3.63) is 46.6 Å². The van der Waals surface area contributed by atoms with Gasteiger partial charge in [-0.3, -0.25) is 0 Å². The van der Waals surface area contributed by atoms with E-state index in [4.69, 9.17) is 0 Å². The van der Waals surface area contributed by atoms with Crippen molar-refractivity contribution < 1.29 is 0 Å². The van der Waals surface area contributed by atoms with Crippen LogP contribution in [0.15, 0.2) is 41.0 Å². The van der Waals surface area contributed by atoms with Gasteiger partial charge in [0.25, 0.3) is 0 Å². The third-order valence-electron chi connectivity index (χ3n) is 2.70. The van der Waals surface area contributed by atoms with E-state index in [1.54, 1.807) is 6.20 Å². The minimum atomic E-state index is 0.182. The van der Waals surface area contributed by atoms with Gasteiger partial charge in [0.2, 0.25) is 5.95 Å². The van der Waals surface area contributed by atoms with Crippen molar-refractivity contribution in [1.82, 2.24) is 9.97 Å². The van der Waals surface area contributed by atoms with Crippen LogP contribution in [0.3, 0.4) is 0 Å². The summed E-state index contributed by atoms with van der Waals surface area (Å²) in [7, 11) is 0. The normalized spacial score (nSPS) is 11.9. The maximum Gasteiger partial charge on any atom is 0.224 e.